The van der Waals surface area contributed by atoms with Crippen LogP contribution >= 0.6 is 0 Å². The van der Waals surface area contributed by atoms with Crippen LogP contribution in [-0.4, -0.2) is 39.7 Å². The fourth-order valence-corrected chi connectivity index (χ4v) is 1.28. The van der Waals surface area contributed by atoms with Gasteiger partial charge < -0.3 is 21.3 Å². The molecule has 1 atom stereocenters. The highest BCUT2D eigenvalue weighted by Gasteiger charge is 2.18. The number of carboxylic acids is 1. The molecule has 9 nitrogen and oxygen atoms in total. The minimum absolute atomic E-state index is 0.120. The third-order valence-corrected chi connectivity index (χ3v) is 2.25. The maximum atomic E-state index is 10.8. The summed E-state index contributed by atoms with van der Waals surface area (Å²) in [7, 11) is 0. The largest absolute Gasteiger partial charge is 0.478 e. The van der Waals surface area contributed by atoms with Gasteiger partial charge in [-0.15, -0.1) is 0 Å². The molecular weight excluding hydrogens is 258 g/mol. The monoisotopic (exact) mass is 269 g/mol. The van der Waals surface area contributed by atoms with Crippen LogP contribution in [0.15, 0.2) is 18.2 Å². The van der Waals surface area contributed by atoms with Crippen molar-refractivity contribution < 1.29 is 24.7 Å². The Morgan fingerprint density at radius 2 is 2.11 bits per heavy atom. The number of benzene rings is 1. The molecule has 0 radical (unpaired) electrons. The number of nitrogens with two attached hydrogens (primary N) is 1. The summed E-state index contributed by atoms with van der Waals surface area (Å²) < 4.78 is 0. The Hall–Kier alpha value is -2.68. The minimum atomic E-state index is -1.53. The zero-order valence-electron chi connectivity index (χ0n) is 9.57. The second-order valence-corrected chi connectivity index (χ2v) is 3.59. The lowest BCUT2D eigenvalue weighted by atomic mass is 10.1. The number of rotatable bonds is 6. The molecule has 0 saturated carbocycles. The minimum Gasteiger partial charge on any atom is -0.478 e. The van der Waals surface area contributed by atoms with Crippen molar-refractivity contribution in [3.8, 4) is 0 Å². The molecule has 1 rings (SSSR count). The summed E-state index contributed by atoms with van der Waals surface area (Å²) in [4.78, 5) is 31.4. The van der Waals surface area contributed by atoms with Crippen LogP contribution in [0.2, 0.25) is 0 Å². The molecule has 1 aromatic carbocycles. The van der Waals surface area contributed by atoms with E-state index in [0.717, 1.165) is 18.2 Å². The number of amides is 1. The Labute approximate surface area is 106 Å². The van der Waals surface area contributed by atoms with Gasteiger partial charge in [-0.1, -0.05) is 0 Å². The number of carboxylic acid groups (broad SMARTS) is 1. The standard InChI is InChI=1S/C10H11N3O6/c11-9(15)8(14)4-12-6-3-5(10(16)17)1-2-7(6)13(18)19/h1-3,8,12,14H,4H2,(H2,11,15)(H,16,17). The second kappa shape index (κ2) is 5.78. The Morgan fingerprint density at radius 3 is 2.58 bits per heavy atom. The number of nitro groups is 1. The van der Waals surface area contributed by atoms with Crippen molar-refractivity contribution in [1.82, 2.24) is 0 Å². The summed E-state index contributed by atoms with van der Waals surface area (Å²) in [6.45, 7) is -0.362. The molecule has 1 unspecified atom stereocenters. The second-order valence-electron chi connectivity index (χ2n) is 3.59. The molecule has 9 heteroatoms. The van der Waals surface area contributed by atoms with Crippen molar-refractivity contribution in [3.63, 3.8) is 0 Å². The maximum absolute atomic E-state index is 10.8. The van der Waals surface area contributed by atoms with Crippen LogP contribution in [-0.2, 0) is 4.79 Å². The first-order valence-corrected chi connectivity index (χ1v) is 5.06. The van der Waals surface area contributed by atoms with Crippen LogP contribution in [0.1, 0.15) is 10.4 Å². The lowest BCUT2D eigenvalue weighted by Crippen LogP contribution is -2.34. The third-order valence-electron chi connectivity index (χ3n) is 2.25. The van der Waals surface area contributed by atoms with Crippen molar-refractivity contribution in [2.24, 2.45) is 5.73 Å². The average molecular weight is 269 g/mol. The van der Waals surface area contributed by atoms with E-state index < -0.39 is 22.9 Å². The fourth-order valence-electron chi connectivity index (χ4n) is 1.28. The molecule has 0 aromatic heterocycles. The number of hydrogen-bond donors (Lipinski definition) is 4. The smallest absolute Gasteiger partial charge is 0.335 e. The molecule has 5 N–H and O–H groups in total. The van der Waals surface area contributed by atoms with Gasteiger partial charge in [0.05, 0.1) is 17.0 Å². The molecule has 102 valence electrons. The van der Waals surface area contributed by atoms with E-state index in [2.05, 4.69) is 5.32 Å². The van der Waals surface area contributed by atoms with Crippen molar-refractivity contribution in [2.75, 3.05) is 11.9 Å². The number of aliphatic hydroxyl groups is 1. The van der Waals surface area contributed by atoms with Gasteiger partial charge in [-0.05, 0) is 12.1 Å². The Kier molecular flexibility index (Phi) is 4.37. The Bertz CT molecular complexity index is 530. The van der Waals surface area contributed by atoms with Crippen molar-refractivity contribution in [3.05, 3.63) is 33.9 Å². The predicted octanol–water partition coefficient (Wildman–Crippen LogP) is -0.449. The number of anilines is 1. The zero-order valence-corrected chi connectivity index (χ0v) is 9.57. The summed E-state index contributed by atoms with van der Waals surface area (Å²) in [5.41, 5.74) is 4.16. The lowest BCUT2D eigenvalue weighted by molar-refractivity contribution is -0.384. The van der Waals surface area contributed by atoms with Gasteiger partial charge in [0.15, 0.2) is 0 Å². The highest BCUT2D eigenvalue weighted by molar-refractivity contribution is 5.90. The van der Waals surface area contributed by atoms with Gasteiger partial charge in [-0.2, -0.15) is 0 Å². The number of carbonyl (C=O) groups excluding carboxylic acids is 1. The van der Waals surface area contributed by atoms with Crippen molar-refractivity contribution in [2.45, 2.75) is 6.10 Å². The molecule has 0 bridgehead atoms. The highest BCUT2D eigenvalue weighted by atomic mass is 16.6. The van der Waals surface area contributed by atoms with E-state index in [4.69, 9.17) is 10.8 Å². The predicted molar refractivity (Wildman–Crippen MR) is 63.7 cm³/mol. The number of hydrogen-bond acceptors (Lipinski definition) is 6. The first kappa shape index (κ1) is 14.4. The average Bonchev–Trinajstić information content (AvgIpc) is 2.34. The van der Waals surface area contributed by atoms with Crippen LogP contribution in [0.25, 0.3) is 0 Å². The topological polar surface area (TPSA) is 156 Å². The molecule has 19 heavy (non-hydrogen) atoms. The van der Waals surface area contributed by atoms with E-state index in [1.807, 2.05) is 0 Å². The number of aliphatic hydroxyl groups excluding tert-OH is 1. The maximum Gasteiger partial charge on any atom is 0.335 e. The van der Waals surface area contributed by atoms with Gasteiger partial charge in [-0.3, -0.25) is 14.9 Å². The normalized spacial score (nSPS) is 11.6. The van der Waals surface area contributed by atoms with E-state index in [-0.39, 0.29) is 23.5 Å². The van der Waals surface area contributed by atoms with Crippen molar-refractivity contribution in [1.29, 1.82) is 0 Å². The van der Waals surface area contributed by atoms with Gasteiger partial charge in [0.1, 0.15) is 11.8 Å². The molecule has 0 aliphatic carbocycles. The molecule has 1 aromatic rings. The molecule has 0 aliphatic rings. The van der Waals surface area contributed by atoms with Crippen LogP contribution in [0.4, 0.5) is 11.4 Å². The van der Waals surface area contributed by atoms with Gasteiger partial charge in [-0.25, -0.2) is 4.79 Å². The van der Waals surface area contributed by atoms with E-state index >= 15 is 0 Å². The number of nitrogens with zero attached hydrogens (tertiary/aromatic N) is 1. The first-order valence-electron chi connectivity index (χ1n) is 5.06. The SMILES string of the molecule is NC(=O)C(O)CNc1cc(C(=O)O)ccc1[N+](=O)[O-]. The molecule has 0 heterocycles. The van der Waals surface area contributed by atoms with Crippen LogP contribution < -0.4 is 11.1 Å². The van der Waals surface area contributed by atoms with E-state index in [1.165, 1.54) is 0 Å². The zero-order chi connectivity index (χ0) is 14.6. The number of aromatic carboxylic acids is 1. The van der Waals surface area contributed by atoms with Crippen LogP contribution in [0.3, 0.4) is 0 Å². The molecule has 0 spiro atoms. The number of carbonyl (C=O) groups is 2. The third kappa shape index (κ3) is 3.64. The summed E-state index contributed by atoms with van der Waals surface area (Å²) >= 11 is 0. The lowest BCUT2D eigenvalue weighted by Gasteiger charge is -2.10. The first-order chi connectivity index (χ1) is 8.82. The van der Waals surface area contributed by atoms with Crippen molar-refractivity contribution >= 4 is 23.3 Å². The van der Waals surface area contributed by atoms with E-state index in [0.29, 0.717) is 0 Å². The Morgan fingerprint density at radius 1 is 1.47 bits per heavy atom. The fraction of sp³-hybridized carbons (Fsp3) is 0.200. The summed E-state index contributed by atoms with van der Waals surface area (Å²) in [6, 6.07) is 3.13. The Balaban J connectivity index is 3.01. The van der Waals surface area contributed by atoms with E-state index in [9.17, 15) is 24.8 Å². The summed E-state index contributed by atoms with van der Waals surface area (Å²) in [5, 5.41) is 31.1. The molecule has 0 saturated heterocycles. The van der Waals surface area contributed by atoms with Crippen LogP contribution in [0.5, 0.6) is 0 Å². The number of primary amides is 1. The number of nitrogens with one attached hydrogen (secondary N) is 1. The van der Waals surface area contributed by atoms with E-state index in [1.54, 1.807) is 0 Å². The molecule has 1 amide bonds. The highest BCUT2D eigenvalue weighted by Crippen LogP contribution is 2.25. The summed E-state index contributed by atoms with van der Waals surface area (Å²) in [6.07, 6.45) is -1.53. The van der Waals surface area contributed by atoms with Gasteiger partial charge in [0, 0.05) is 6.07 Å². The molecule has 0 aliphatic heterocycles. The number of nitro benzene ring substituents is 1. The molecular formula is C10H11N3O6. The van der Waals surface area contributed by atoms with Gasteiger partial charge in [0.2, 0.25) is 5.91 Å². The van der Waals surface area contributed by atoms with Gasteiger partial charge in [0.25, 0.3) is 5.69 Å². The summed E-state index contributed by atoms with van der Waals surface area (Å²) in [5.74, 6) is -2.25. The molecule has 0 fully saturated rings. The quantitative estimate of drug-likeness (QED) is 0.402. The van der Waals surface area contributed by atoms with Crippen LogP contribution in [0, 0.1) is 10.1 Å². The van der Waals surface area contributed by atoms with Gasteiger partial charge >= 0.3 is 5.97 Å².